The summed E-state index contributed by atoms with van der Waals surface area (Å²) >= 11 is 1.45. The van der Waals surface area contributed by atoms with Crippen molar-refractivity contribution in [1.29, 1.82) is 0 Å². The van der Waals surface area contributed by atoms with E-state index in [1.807, 2.05) is 48.5 Å². The molecule has 6 heteroatoms. The lowest BCUT2D eigenvalue weighted by Crippen LogP contribution is -2.25. The summed E-state index contributed by atoms with van der Waals surface area (Å²) in [5.74, 6) is -0.0932. The van der Waals surface area contributed by atoms with Gasteiger partial charge >= 0.3 is 0 Å². The maximum atomic E-state index is 12.3. The molecule has 138 valence electrons. The minimum Gasteiger partial charge on any atom is -0.352 e. The molecule has 0 atom stereocenters. The van der Waals surface area contributed by atoms with Crippen LogP contribution in [-0.4, -0.2) is 22.4 Å². The third-order valence-electron chi connectivity index (χ3n) is 4.31. The number of fused-ring (bicyclic) bond motifs is 1. The summed E-state index contributed by atoms with van der Waals surface area (Å²) in [6.45, 7) is 0.512. The van der Waals surface area contributed by atoms with Crippen LogP contribution in [0.5, 0.6) is 0 Å². The molecule has 0 aliphatic rings. The van der Waals surface area contributed by atoms with E-state index in [0.29, 0.717) is 34.6 Å². The molecule has 0 fully saturated rings. The number of amides is 1. The maximum Gasteiger partial charge on any atom is 0.279 e. The molecule has 2 aromatic carbocycles. The van der Waals surface area contributed by atoms with Crippen molar-refractivity contribution in [2.45, 2.75) is 6.42 Å². The van der Waals surface area contributed by atoms with Crippen molar-refractivity contribution in [2.75, 3.05) is 6.54 Å². The SMILES string of the molecule is O=C(NCCc1ccnc(-c2nc(=O)c3ccccc3s2)c1)c1ccccc1. The maximum absolute atomic E-state index is 12.3. The van der Waals surface area contributed by atoms with Crippen LogP contribution in [0.3, 0.4) is 0 Å². The van der Waals surface area contributed by atoms with Crippen molar-refractivity contribution in [3.63, 3.8) is 0 Å². The predicted octanol–water partition coefficient (Wildman–Crippen LogP) is 3.69. The molecule has 4 rings (SSSR count). The molecule has 2 heterocycles. The lowest BCUT2D eigenvalue weighted by atomic mass is 10.1. The zero-order chi connectivity index (χ0) is 19.3. The molecule has 28 heavy (non-hydrogen) atoms. The highest BCUT2D eigenvalue weighted by Gasteiger charge is 2.09. The third-order valence-corrected chi connectivity index (χ3v) is 5.38. The number of hydrogen-bond acceptors (Lipinski definition) is 5. The van der Waals surface area contributed by atoms with Gasteiger partial charge in [-0.3, -0.25) is 14.6 Å². The average Bonchev–Trinajstić information content (AvgIpc) is 2.74. The van der Waals surface area contributed by atoms with Crippen LogP contribution in [-0.2, 0) is 6.42 Å². The zero-order valence-electron chi connectivity index (χ0n) is 15.0. The minimum absolute atomic E-state index is 0.0932. The van der Waals surface area contributed by atoms with Gasteiger partial charge in [-0.1, -0.05) is 30.3 Å². The van der Waals surface area contributed by atoms with E-state index in [0.717, 1.165) is 10.3 Å². The number of rotatable bonds is 5. The molecule has 0 unspecified atom stereocenters. The normalized spacial score (nSPS) is 10.7. The van der Waals surface area contributed by atoms with Gasteiger partial charge in [0.1, 0.15) is 5.01 Å². The quantitative estimate of drug-likeness (QED) is 0.567. The van der Waals surface area contributed by atoms with Crippen molar-refractivity contribution < 1.29 is 4.79 Å². The third kappa shape index (κ3) is 3.97. The first-order valence-corrected chi connectivity index (χ1v) is 9.71. The van der Waals surface area contributed by atoms with Crippen LogP contribution in [0.25, 0.3) is 20.8 Å². The van der Waals surface area contributed by atoms with Crippen molar-refractivity contribution in [3.8, 4) is 10.7 Å². The number of nitrogens with one attached hydrogen (secondary N) is 1. The highest BCUT2D eigenvalue weighted by Crippen LogP contribution is 2.24. The number of pyridine rings is 1. The standard InChI is InChI=1S/C22H17N3O2S/c26-20(16-6-2-1-3-7-16)24-13-11-15-10-12-23-18(14-15)22-25-21(27)17-8-4-5-9-19(17)28-22/h1-10,12,14H,11,13H2,(H,24,26). The Morgan fingerprint density at radius 1 is 1.00 bits per heavy atom. The molecule has 2 aromatic heterocycles. The van der Waals surface area contributed by atoms with Gasteiger partial charge in [-0.2, -0.15) is 4.98 Å². The van der Waals surface area contributed by atoms with E-state index in [1.165, 1.54) is 11.3 Å². The van der Waals surface area contributed by atoms with Crippen molar-refractivity contribution in [3.05, 3.63) is 94.4 Å². The number of carbonyl (C=O) groups is 1. The zero-order valence-corrected chi connectivity index (χ0v) is 15.8. The second-order valence-electron chi connectivity index (χ2n) is 6.24. The van der Waals surface area contributed by atoms with E-state index < -0.39 is 0 Å². The van der Waals surface area contributed by atoms with E-state index in [-0.39, 0.29) is 11.5 Å². The van der Waals surface area contributed by atoms with Crippen LogP contribution in [0.4, 0.5) is 0 Å². The van der Waals surface area contributed by atoms with E-state index in [9.17, 15) is 9.59 Å². The molecule has 1 N–H and O–H groups in total. The fourth-order valence-corrected chi connectivity index (χ4v) is 3.85. The number of hydrogen-bond donors (Lipinski definition) is 1. The molecule has 0 radical (unpaired) electrons. The smallest absolute Gasteiger partial charge is 0.279 e. The van der Waals surface area contributed by atoms with E-state index in [4.69, 9.17) is 0 Å². The Bertz CT molecular complexity index is 1190. The van der Waals surface area contributed by atoms with Gasteiger partial charge in [0.25, 0.3) is 11.5 Å². The lowest BCUT2D eigenvalue weighted by molar-refractivity contribution is 0.0954. The molecule has 0 saturated heterocycles. The van der Waals surface area contributed by atoms with E-state index in [2.05, 4.69) is 15.3 Å². The Labute approximate surface area is 165 Å². The predicted molar refractivity (Wildman–Crippen MR) is 112 cm³/mol. The van der Waals surface area contributed by atoms with Gasteiger partial charge in [0, 0.05) is 23.0 Å². The number of nitrogens with zero attached hydrogens (tertiary/aromatic N) is 2. The van der Waals surface area contributed by atoms with Gasteiger partial charge in [0.2, 0.25) is 0 Å². The van der Waals surface area contributed by atoms with Gasteiger partial charge in [0.05, 0.1) is 11.1 Å². The molecule has 1 amide bonds. The summed E-state index contributed by atoms with van der Waals surface area (Å²) in [6.07, 6.45) is 2.37. The molecule has 0 saturated carbocycles. The Balaban J connectivity index is 1.49. The monoisotopic (exact) mass is 387 g/mol. The molecule has 0 aliphatic carbocycles. The molecule has 4 aromatic rings. The fraction of sp³-hybridized carbons (Fsp3) is 0.0909. The second-order valence-corrected chi connectivity index (χ2v) is 7.27. The van der Waals surface area contributed by atoms with Gasteiger partial charge in [-0.25, -0.2) is 0 Å². The van der Waals surface area contributed by atoms with E-state index in [1.54, 1.807) is 24.4 Å². The molecule has 5 nitrogen and oxygen atoms in total. The lowest BCUT2D eigenvalue weighted by Gasteiger charge is -2.07. The summed E-state index contributed by atoms with van der Waals surface area (Å²) in [6, 6.07) is 20.4. The van der Waals surface area contributed by atoms with Gasteiger partial charge in [0.15, 0.2) is 0 Å². The summed E-state index contributed by atoms with van der Waals surface area (Å²) < 4.78 is 0.889. The number of aromatic nitrogens is 2. The summed E-state index contributed by atoms with van der Waals surface area (Å²) in [4.78, 5) is 32.9. The van der Waals surface area contributed by atoms with Crippen LogP contribution in [0, 0.1) is 0 Å². The number of carbonyl (C=O) groups excluding carboxylic acids is 1. The molecular weight excluding hydrogens is 370 g/mol. The first-order chi connectivity index (χ1) is 13.7. The Kier molecular flexibility index (Phi) is 5.21. The van der Waals surface area contributed by atoms with Crippen LogP contribution < -0.4 is 10.9 Å². The Morgan fingerprint density at radius 2 is 1.79 bits per heavy atom. The van der Waals surface area contributed by atoms with Crippen LogP contribution in [0.1, 0.15) is 15.9 Å². The molecule has 0 aliphatic heterocycles. The second kappa shape index (κ2) is 8.10. The minimum atomic E-state index is -0.244. The van der Waals surface area contributed by atoms with Gasteiger partial charge in [-0.15, -0.1) is 11.3 Å². The number of benzene rings is 2. The van der Waals surface area contributed by atoms with Crippen LogP contribution in [0.15, 0.2) is 77.7 Å². The van der Waals surface area contributed by atoms with Crippen molar-refractivity contribution in [2.24, 2.45) is 0 Å². The summed E-state index contributed by atoms with van der Waals surface area (Å²) in [7, 11) is 0. The largest absolute Gasteiger partial charge is 0.352 e. The molecule has 0 spiro atoms. The van der Waals surface area contributed by atoms with Crippen LogP contribution in [0.2, 0.25) is 0 Å². The summed E-state index contributed by atoms with van der Waals surface area (Å²) in [5.41, 5.74) is 2.09. The van der Waals surface area contributed by atoms with Gasteiger partial charge in [-0.05, 0) is 48.4 Å². The van der Waals surface area contributed by atoms with Crippen LogP contribution >= 0.6 is 11.3 Å². The van der Waals surface area contributed by atoms with Crippen molar-refractivity contribution >= 4 is 27.3 Å². The Morgan fingerprint density at radius 3 is 2.64 bits per heavy atom. The average molecular weight is 387 g/mol. The first kappa shape index (κ1) is 18.0. The summed E-state index contributed by atoms with van der Waals surface area (Å²) in [5, 5.41) is 4.14. The van der Waals surface area contributed by atoms with Crippen molar-refractivity contribution in [1.82, 2.24) is 15.3 Å². The van der Waals surface area contributed by atoms with Gasteiger partial charge < -0.3 is 5.32 Å². The fourth-order valence-electron chi connectivity index (χ4n) is 2.88. The Hall–Kier alpha value is -3.38. The van der Waals surface area contributed by atoms with E-state index >= 15 is 0 Å². The topological polar surface area (TPSA) is 72.0 Å². The molecular formula is C22H17N3O2S. The highest BCUT2D eigenvalue weighted by molar-refractivity contribution is 7.21. The molecule has 0 bridgehead atoms. The first-order valence-electron chi connectivity index (χ1n) is 8.89. The highest BCUT2D eigenvalue weighted by atomic mass is 32.1.